The second-order valence-corrected chi connectivity index (χ2v) is 12.0. The maximum atomic E-state index is 12.0. The van der Waals surface area contributed by atoms with Crippen LogP contribution in [0.4, 0.5) is 0 Å². The molecule has 0 aromatic heterocycles. The summed E-state index contributed by atoms with van der Waals surface area (Å²) < 4.78 is 21.0. The number of amides is 3. The molecule has 13 nitrogen and oxygen atoms in total. The van der Waals surface area contributed by atoms with Crippen LogP contribution in [0.2, 0.25) is 0 Å². The first kappa shape index (κ1) is 48.5. The highest BCUT2D eigenvalue weighted by molar-refractivity contribution is 5.77. The number of ketones is 1. The monoisotopic (exact) mass is 703 g/mol. The number of ether oxygens (including phenoxy) is 4. The van der Waals surface area contributed by atoms with Crippen LogP contribution in [0.3, 0.4) is 0 Å². The van der Waals surface area contributed by atoms with Gasteiger partial charge in [0, 0.05) is 32.5 Å². The van der Waals surface area contributed by atoms with E-state index < -0.39 is 0 Å². The average Bonchev–Trinajstić information content (AvgIpc) is 3.07. The molecule has 0 aromatic carbocycles. The highest BCUT2D eigenvalue weighted by Crippen LogP contribution is 2.13. The summed E-state index contributed by atoms with van der Waals surface area (Å²) in [5.41, 5.74) is 0. The largest absolute Gasteiger partial charge is 0.483 e. The lowest BCUT2D eigenvalue weighted by atomic mass is 10.0. The van der Waals surface area contributed by atoms with Gasteiger partial charge >= 0.3 is 0 Å². The standard InChI is InChI=1S/C35H67N3O8.CH2O2/c1-3-4-5-6-7-8-9-10-11-12-13-14-15-16-17-19-33(40)36-21-18-20-34(41)37-22-24-43-27-29-46-31-35(42)38-23-25-44-26-28-45-30-32(2)39;2-1-3/h3-31H2,1-2H3,(H,36,40)(H,37,41)(H,38,42);1H,(H,2,3). The van der Waals surface area contributed by atoms with Gasteiger partial charge in [0.2, 0.25) is 17.7 Å². The van der Waals surface area contributed by atoms with Gasteiger partial charge in [-0.05, 0) is 19.8 Å². The number of carbonyl (C=O) groups excluding carboxylic acids is 4. The van der Waals surface area contributed by atoms with Crippen LogP contribution in [0.25, 0.3) is 0 Å². The van der Waals surface area contributed by atoms with E-state index in [0.29, 0.717) is 71.9 Å². The van der Waals surface area contributed by atoms with Crippen molar-refractivity contribution in [3.63, 3.8) is 0 Å². The highest BCUT2D eigenvalue weighted by atomic mass is 16.5. The van der Waals surface area contributed by atoms with Crippen molar-refractivity contribution in [1.82, 2.24) is 16.0 Å². The lowest BCUT2D eigenvalue weighted by Crippen LogP contribution is -2.31. The molecule has 49 heavy (non-hydrogen) atoms. The van der Waals surface area contributed by atoms with E-state index in [-0.39, 0.29) is 49.8 Å². The van der Waals surface area contributed by atoms with Gasteiger partial charge in [0.15, 0.2) is 5.78 Å². The minimum absolute atomic E-state index is 0.0331. The summed E-state index contributed by atoms with van der Waals surface area (Å²) in [6.07, 6.45) is 21.2. The van der Waals surface area contributed by atoms with Crippen LogP contribution >= 0.6 is 0 Å². The van der Waals surface area contributed by atoms with Gasteiger partial charge in [-0.25, -0.2) is 0 Å². The van der Waals surface area contributed by atoms with E-state index in [1.165, 1.54) is 90.4 Å². The van der Waals surface area contributed by atoms with Gasteiger partial charge in [-0.1, -0.05) is 96.8 Å². The molecule has 0 bridgehead atoms. The van der Waals surface area contributed by atoms with E-state index >= 15 is 0 Å². The molecule has 0 fully saturated rings. The molecule has 3 amide bonds. The lowest BCUT2D eigenvalue weighted by molar-refractivity contribution is -0.127. The van der Waals surface area contributed by atoms with E-state index in [1.54, 1.807) is 0 Å². The average molecular weight is 704 g/mol. The molecule has 0 aliphatic carbocycles. The Hall–Kier alpha value is -2.61. The summed E-state index contributed by atoms with van der Waals surface area (Å²) in [4.78, 5) is 54.8. The summed E-state index contributed by atoms with van der Waals surface area (Å²) in [7, 11) is 0. The van der Waals surface area contributed by atoms with E-state index in [4.69, 9.17) is 28.8 Å². The molecule has 0 radical (unpaired) electrons. The molecule has 0 spiro atoms. The third kappa shape index (κ3) is 45.4. The van der Waals surface area contributed by atoms with Crippen molar-refractivity contribution in [3.05, 3.63) is 0 Å². The Morgan fingerprint density at radius 1 is 0.490 bits per heavy atom. The molecule has 4 N–H and O–H groups in total. The molecule has 0 aromatic rings. The molecule has 0 rings (SSSR count). The Bertz CT molecular complexity index is 786. The fraction of sp³-hybridized carbons (Fsp3) is 0.861. The van der Waals surface area contributed by atoms with Gasteiger partial charge in [-0.2, -0.15) is 0 Å². The van der Waals surface area contributed by atoms with Crippen molar-refractivity contribution in [3.8, 4) is 0 Å². The molecular weight excluding hydrogens is 634 g/mol. The SMILES string of the molecule is CCCCCCCCCCCCCCCCCC(=O)NCCCC(=O)NCCOCCOCC(=O)NCCOCCOCC(C)=O.O=CO. The van der Waals surface area contributed by atoms with Gasteiger partial charge in [-0.3, -0.25) is 24.0 Å². The Morgan fingerprint density at radius 3 is 1.33 bits per heavy atom. The molecule has 0 aliphatic heterocycles. The van der Waals surface area contributed by atoms with E-state index in [1.807, 2.05) is 0 Å². The van der Waals surface area contributed by atoms with E-state index in [0.717, 1.165) is 12.8 Å². The first-order valence-electron chi connectivity index (χ1n) is 18.6. The van der Waals surface area contributed by atoms with Crippen molar-refractivity contribution in [2.45, 2.75) is 129 Å². The van der Waals surface area contributed by atoms with E-state index in [2.05, 4.69) is 22.9 Å². The Morgan fingerprint density at radius 2 is 0.857 bits per heavy atom. The number of carboxylic acid groups (broad SMARTS) is 1. The molecular formula is C36H69N3O10. The van der Waals surface area contributed by atoms with Crippen LogP contribution in [0, 0.1) is 0 Å². The van der Waals surface area contributed by atoms with Gasteiger partial charge in [0.25, 0.3) is 6.47 Å². The number of hydrogen-bond acceptors (Lipinski definition) is 9. The number of carbonyl (C=O) groups is 5. The summed E-state index contributed by atoms with van der Waals surface area (Å²) in [6.45, 7) is 6.72. The van der Waals surface area contributed by atoms with Crippen molar-refractivity contribution in [1.29, 1.82) is 0 Å². The van der Waals surface area contributed by atoms with Gasteiger partial charge < -0.3 is 40.0 Å². The fourth-order valence-corrected chi connectivity index (χ4v) is 4.71. The summed E-state index contributed by atoms with van der Waals surface area (Å²) in [6, 6.07) is 0. The fourth-order valence-electron chi connectivity index (χ4n) is 4.71. The Balaban J connectivity index is 0. The zero-order valence-electron chi connectivity index (χ0n) is 30.7. The Labute approximate surface area is 295 Å². The van der Waals surface area contributed by atoms with Crippen LogP contribution in [0.15, 0.2) is 0 Å². The zero-order valence-corrected chi connectivity index (χ0v) is 30.7. The molecule has 13 heteroatoms. The number of Topliss-reactive ketones (excluding diaryl/α,β-unsaturated/α-hetero) is 1. The van der Waals surface area contributed by atoms with Crippen molar-refractivity contribution >= 4 is 30.0 Å². The third-order valence-electron chi connectivity index (χ3n) is 7.33. The van der Waals surface area contributed by atoms with Crippen molar-refractivity contribution in [2.75, 3.05) is 72.5 Å². The number of hydrogen-bond donors (Lipinski definition) is 4. The predicted octanol–water partition coefficient (Wildman–Crippen LogP) is 4.73. The first-order chi connectivity index (χ1) is 23.9. The molecule has 0 saturated heterocycles. The number of rotatable bonds is 36. The Kier molecular flexibility index (Phi) is 41.1. The van der Waals surface area contributed by atoms with Crippen molar-refractivity contribution in [2.24, 2.45) is 0 Å². The van der Waals surface area contributed by atoms with Crippen molar-refractivity contribution < 1.29 is 48.0 Å². The predicted molar refractivity (Wildman–Crippen MR) is 190 cm³/mol. The second kappa shape index (κ2) is 41.6. The molecule has 288 valence electrons. The van der Waals surface area contributed by atoms with Gasteiger partial charge in [-0.15, -0.1) is 0 Å². The topological polar surface area (TPSA) is 179 Å². The van der Waals surface area contributed by atoms with Crippen LogP contribution in [-0.4, -0.2) is 108 Å². The summed E-state index contributed by atoms with van der Waals surface area (Å²) >= 11 is 0. The first-order valence-corrected chi connectivity index (χ1v) is 18.6. The van der Waals surface area contributed by atoms with Crippen LogP contribution in [-0.2, 0) is 42.9 Å². The minimum atomic E-state index is -0.250. The summed E-state index contributed by atoms with van der Waals surface area (Å²) in [5.74, 6) is -0.277. The van der Waals surface area contributed by atoms with E-state index in [9.17, 15) is 19.2 Å². The third-order valence-corrected chi connectivity index (χ3v) is 7.33. The van der Waals surface area contributed by atoms with Crippen LogP contribution < -0.4 is 16.0 Å². The smallest absolute Gasteiger partial charge is 0.290 e. The second-order valence-electron chi connectivity index (χ2n) is 12.0. The maximum absolute atomic E-state index is 12.0. The van der Waals surface area contributed by atoms with Crippen LogP contribution in [0.1, 0.15) is 129 Å². The van der Waals surface area contributed by atoms with Crippen LogP contribution in [0.5, 0.6) is 0 Å². The molecule has 0 unspecified atom stereocenters. The quantitative estimate of drug-likeness (QED) is 0.0527. The molecule has 0 aliphatic rings. The zero-order chi connectivity index (χ0) is 36.5. The lowest BCUT2D eigenvalue weighted by Gasteiger charge is -2.09. The highest BCUT2D eigenvalue weighted by Gasteiger charge is 2.05. The minimum Gasteiger partial charge on any atom is -0.483 e. The molecule has 0 heterocycles. The number of unbranched alkanes of at least 4 members (excludes halogenated alkanes) is 14. The molecule has 0 saturated carbocycles. The van der Waals surface area contributed by atoms with Gasteiger partial charge in [0.05, 0.1) is 39.6 Å². The number of nitrogens with one attached hydrogen (secondary N) is 3. The summed E-state index contributed by atoms with van der Waals surface area (Å²) in [5, 5.41) is 15.3. The molecule has 0 atom stereocenters. The normalized spacial score (nSPS) is 10.6. The maximum Gasteiger partial charge on any atom is 0.290 e. The van der Waals surface area contributed by atoms with Gasteiger partial charge in [0.1, 0.15) is 13.2 Å².